The van der Waals surface area contributed by atoms with Gasteiger partial charge >= 0.3 is 6.09 Å². The number of nitrogens with zero attached hydrogens (tertiary/aromatic N) is 1. The van der Waals surface area contributed by atoms with Gasteiger partial charge in [-0.2, -0.15) is 0 Å². The Kier molecular flexibility index (Phi) is 8.13. The van der Waals surface area contributed by atoms with E-state index in [1.54, 1.807) is 12.3 Å². The van der Waals surface area contributed by atoms with E-state index in [9.17, 15) is 9.90 Å². The van der Waals surface area contributed by atoms with E-state index in [2.05, 4.69) is 16.9 Å². The molecule has 1 heterocycles. The fraction of sp³-hybridized carbons (Fsp3) is 0.357. The standard InChI is InChI=1S/C28H31ClN2O4/c1-2-13-28(31-27(32)33)14-6-10-22(11-7-15-28)35-25-17-21-12-16-30-26(23(21)18-24(25)29)34-19-20-8-4-3-5-9-20/h2-5,8-9,12,16-18,22,31H,1,6-7,10-11,13-15,19H2,(H,32,33). The van der Waals surface area contributed by atoms with Crippen LogP contribution >= 0.6 is 11.6 Å². The summed E-state index contributed by atoms with van der Waals surface area (Å²) in [4.78, 5) is 15.7. The van der Waals surface area contributed by atoms with E-state index in [1.807, 2.05) is 48.5 Å². The molecule has 184 valence electrons. The van der Waals surface area contributed by atoms with Crippen LogP contribution in [0.3, 0.4) is 0 Å². The van der Waals surface area contributed by atoms with Crippen molar-refractivity contribution in [1.82, 2.24) is 10.3 Å². The smallest absolute Gasteiger partial charge is 0.405 e. The van der Waals surface area contributed by atoms with Crippen LogP contribution in [0.2, 0.25) is 5.02 Å². The van der Waals surface area contributed by atoms with Crippen LogP contribution in [0.1, 0.15) is 50.5 Å². The van der Waals surface area contributed by atoms with Crippen LogP contribution in [0.4, 0.5) is 4.79 Å². The molecule has 1 aromatic heterocycles. The van der Waals surface area contributed by atoms with E-state index >= 15 is 0 Å². The third-order valence-electron chi connectivity index (χ3n) is 6.56. The Hall–Kier alpha value is -3.25. The van der Waals surface area contributed by atoms with Gasteiger partial charge in [0.05, 0.1) is 11.1 Å². The van der Waals surface area contributed by atoms with Gasteiger partial charge in [-0.3, -0.25) is 0 Å². The molecule has 7 heteroatoms. The zero-order chi connectivity index (χ0) is 24.7. The summed E-state index contributed by atoms with van der Waals surface area (Å²) in [6, 6.07) is 15.7. The fourth-order valence-electron chi connectivity index (χ4n) is 4.86. The average molecular weight is 495 g/mol. The molecule has 0 radical (unpaired) electrons. The van der Waals surface area contributed by atoms with Gasteiger partial charge in [0.25, 0.3) is 0 Å². The maximum Gasteiger partial charge on any atom is 0.405 e. The summed E-state index contributed by atoms with van der Waals surface area (Å²) >= 11 is 6.63. The minimum absolute atomic E-state index is 0.0205. The van der Waals surface area contributed by atoms with Gasteiger partial charge in [0.2, 0.25) is 5.88 Å². The number of amides is 1. The van der Waals surface area contributed by atoms with Crippen LogP contribution in [0.25, 0.3) is 10.8 Å². The molecule has 1 aliphatic rings. The lowest BCUT2D eigenvalue weighted by atomic mass is 9.81. The number of benzene rings is 2. The lowest BCUT2D eigenvalue weighted by Crippen LogP contribution is -2.48. The summed E-state index contributed by atoms with van der Waals surface area (Å²) in [5, 5.41) is 14.4. The molecule has 3 aromatic rings. The van der Waals surface area contributed by atoms with Crippen molar-refractivity contribution in [2.24, 2.45) is 0 Å². The molecule has 0 spiro atoms. The van der Waals surface area contributed by atoms with Crippen molar-refractivity contribution in [3.8, 4) is 11.6 Å². The molecule has 1 aliphatic carbocycles. The van der Waals surface area contributed by atoms with Crippen molar-refractivity contribution in [2.75, 3.05) is 0 Å². The fourth-order valence-corrected chi connectivity index (χ4v) is 5.07. The first kappa shape index (κ1) is 24.9. The SMILES string of the molecule is C=CCC1(NC(=O)O)CCCC(Oc2cc3ccnc(OCc4ccccc4)c3cc2Cl)CCC1. The van der Waals surface area contributed by atoms with Gasteiger partial charge in [-0.25, -0.2) is 9.78 Å². The van der Waals surface area contributed by atoms with Crippen molar-refractivity contribution >= 4 is 28.5 Å². The zero-order valence-electron chi connectivity index (χ0n) is 19.7. The second-order valence-corrected chi connectivity index (χ2v) is 9.53. The van der Waals surface area contributed by atoms with Crippen molar-refractivity contribution < 1.29 is 19.4 Å². The third kappa shape index (κ3) is 6.45. The molecule has 0 bridgehead atoms. The summed E-state index contributed by atoms with van der Waals surface area (Å²) in [7, 11) is 0. The number of carbonyl (C=O) groups is 1. The summed E-state index contributed by atoms with van der Waals surface area (Å²) in [6.45, 7) is 4.24. The predicted octanol–water partition coefficient (Wildman–Crippen LogP) is 7.15. The van der Waals surface area contributed by atoms with Gasteiger partial charge in [0.1, 0.15) is 12.4 Å². The summed E-state index contributed by atoms with van der Waals surface area (Å²) in [5.74, 6) is 1.18. The van der Waals surface area contributed by atoms with Gasteiger partial charge in [0, 0.05) is 17.1 Å². The van der Waals surface area contributed by atoms with Crippen LogP contribution in [-0.2, 0) is 6.61 Å². The van der Waals surface area contributed by atoms with Crippen LogP contribution < -0.4 is 14.8 Å². The first-order valence-corrected chi connectivity index (χ1v) is 12.4. The Balaban J connectivity index is 1.44. The van der Waals surface area contributed by atoms with Gasteiger partial charge in [0.15, 0.2) is 0 Å². The molecule has 6 nitrogen and oxygen atoms in total. The molecule has 1 fully saturated rings. The number of hydrogen-bond donors (Lipinski definition) is 2. The number of fused-ring (bicyclic) bond motifs is 1. The largest absolute Gasteiger partial charge is 0.489 e. The first-order valence-electron chi connectivity index (χ1n) is 12.0. The minimum atomic E-state index is -0.982. The van der Waals surface area contributed by atoms with E-state index in [4.69, 9.17) is 21.1 Å². The Morgan fingerprint density at radius 2 is 1.94 bits per heavy atom. The van der Waals surface area contributed by atoms with Crippen molar-refractivity contribution in [2.45, 2.75) is 63.2 Å². The van der Waals surface area contributed by atoms with Crippen LogP contribution in [0.15, 0.2) is 67.4 Å². The van der Waals surface area contributed by atoms with Crippen molar-refractivity contribution in [3.63, 3.8) is 0 Å². The quantitative estimate of drug-likeness (QED) is 0.325. The highest BCUT2D eigenvalue weighted by atomic mass is 35.5. The maximum atomic E-state index is 11.3. The molecule has 2 N–H and O–H groups in total. The van der Waals surface area contributed by atoms with Crippen molar-refractivity contribution in [1.29, 1.82) is 0 Å². The molecule has 35 heavy (non-hydrogen) atoms. The van der Waals surface area contributed by atoms with E-state index < -0.39 is 11.6 Å². The number of carboxylic acid groups (broad SMARTS) is 1. The normalized spacial score (nSPS) is 20.4. The Morgan fingerprint density at radius 1 is 1.20 bits per heavy atom. The number of halogens is 1. The van der Waals surface area contributed by atoms with E-state index in [1.165, 1.54) is 0 Å². The molecule has 2 aromatic carbocycles. The lowest BCUT2D eigenvalue weighted by Gasteiger charge is -2.36. The second-order valence-electron chi connectivity index (χ2n) is 9.12. The number of nitrogens with one attached hydrogen (secondary N) is 1. The molecule has 0 unspecified atom stereocenters. The van der Waals surface area contributed by atoms with Gasteiger partial charge in [-0.15, -0.1) is 6.58 Å². The third-order valence-corrected chi connectivity index (χ3v) is 6.86. The van der Waals surface area contributed by atoms with Gasteiger partial charge in [-0.1, -0.05) is 48.0 Å². The Bertz CT molecular complexity index is 1160. The highest BCUT2D eigenvalue weighted by Crippen LogP contribution is 2.37. The van der Waals surface area contributed by atoms with Gasteiger partial charge in [-0.05, 0) is 74.1 Å². The number of aromatic nitrogens is 1. The van der Waals surface area contributed by atoms with Gasteiger partial charge < -0.3 is 19.9 Å². The molecule has 1 saturated carbocycles. The maximum absolute atomic E-state index is 11.3. The molecule has 0 aliphatic heterocycles. The summed E-state index contributed by atoms with van der Waals surface area (Å²) in [6.07, 6.45) is 8.07. The molecule has 0 saturated heterocycles. The predicted molar refractivity (Wildman–Crippen MR) is 138 cm³/mol. The first-order chi connectivity index (χ1) is 17.0. The molecular weight excluding hydrogens is 464 g/mol. The Labute approximate surface area is 210 Å². The summed E-state index contributed by atoms with van der Waals surface area (Å²) < 4.78 is 12.3. The number of rotatable bonds is 8. The molecule has 0 atom stereocenters. The Morgan fingerprint density at radius 3 is 2.63 bits per heavy atom. The van der Waals surface area contributed by atoms with Crippen LogP contribution in [0, 0.1) is 0 Å². The van der Waals surface area contributed by atoms with Crippen LogP contribution in [-0.4, -0.2) is 27.8 Å². The molecular formula is C28H31ClN2O4. The lowest BCUT2D eigenvalue weighted by molar-refractivity contribution is 0.134. The number of hydrogen-bond acceptors (Lipinski definition) is 4. The number of ether oxygens (including phenoxy) is 2. The molecule has 4 rings (SSSR count). The molecule has 1 amide bonds. The highest BCUT2D eigenvalue weighted by molar-refractivity contribution is 6.33. The summed E-state index contributed by atoms with van der Waals surface area (Å²) in [5.41, 5.74) is 0.625. The highest BCUT2D eigenvalue weighted by Gasteiger charge is 2.32. The van der Waals surface area contributed by atoms with Crippen molar-refractivity contribution in [3.05, 3.63) is 78.0 Å². The second kappa shape index (κ2) is 11.5. The van der Waals surface area contributed by atoms with E-state index in [-0.39, 0.29) is 6.10 Å². The van der Waals surface area contributed by atoms with E-state index in [0.717, 1.165) is 54.9 Å². The topological polar surface area (TPSA) is 80.7 Å². The van der Waals surface area contributed by atoms with Crippen LogP contribution in [0.5, 0.6) is 11.6 Å². The number of pyridine rings is 1. The van der Waals surface area contributed by atoms with E-state index in [0.29, 0.717) is 29.7 Å². The average Bonchev–Trinajstić information content (AvgIpc) is 2.82. The minimum Gasteiger partial charge on any atom is -0.489 e. The zero-order valence-corrected chi connectivity index (χ0v) is 20.5. The monoisotopic (exact) mass is 494 g/mol.